The summed E-state index contributed by atoms with van der Waals surface area (Å²) in [6.07, 6.45) is 0. The summed E-state index contributed by atoms with van der Waals surface area (Å²) in [5.74, 6) is -2.10. The van der Waals surface area contributed by atoms with Crippen LogP contribution in [0.15, 0.2) is 36.4 Å². The normalized spacial score (nSPS) is 10.2. The predicted molar refractivity (Wildman–Crippen MR) is 68.9 cm³/mol. The zero-order valence-corrected chi connectivity index (χ0v) is 10.1. The van der Waals surface area contributed by atoms with Crippen molar-refractivity contribution in [2.45, 2.75) is 6.92 Å². The van der Waals surface area contributed by atoms with E-state index in [1.54, 1.807) is 13.0 Å². The Morgan fingerprint density at radius 2 is 1.79 bits per heavy atom. The van der Waals surface area contributed by atoms with E-state index in [-0.39, 0.29) is 22.7 Å². The van der Waals surface area contributed by atoms with E-state index in [4.69, 9.17) is 0 Å². The van der Waals surface area contributed by atoms with E-state index in [0.29, 0.717) is 0 Å². The van der Waals surface area contributed by atoms with Crippen LogP contribution < -0.4 is 5.32 Å². The van der Waals surface area contributed by atoms with Gasteiger partial charge in [0.2, 0.25) is 0 Å². The van der Waals surface area contributed by atoms with Crippen molar-refractivity contribution in [1.82, 2.24) is 0 Å². The number of phenolic OH excluding ortho intramolecular Hbond substituents is 2. The number of hydrogen-bond acceptors (Lipinski definition) is 3. The quantitative estimate of drug-likeness (QED) is 0.778. The van der Waals surface area contributed by atoms with Gasteiger partial charge in [-0.1, -0.05) is 12.1 Å². The molecule has 0 bridgehead atoms. The Morgan fingerprint density at radius 1 is 1.16 bits per heavy atom. The van der Waals surface area contributed by atoms with E-state index in [2.05, 4.69) is 5.32 Å². The molecule has 5 heteroatoms. The van der Waals surface area contributed by atoms with Crippen LogP contribution in [0, 0.1) is 12.7 Å². The molecule has 0 atom stereocenters. The highest BCUT2D eigenvalue weighted by Gasteiger charge is 2.17. The van der Waals surface area contributed by atoms with Gasteiger partial charge in [-0.05, 0) is 36.8 Å². The van der Waals surface area contributed by atoms with Crippen molar-refractivity contribution < 1.29 is 19.4 Å². The zero-order chi connectivity index (χ0) is 14.0. The molecule has 0 spiro atoms. The monoisotopic (exact) mass is 261 g/mol. The molecule has 0 unspecified atom stereocenters. The van der Waals surface area contributed by atoms with Gasteiger partial charge < -0.3 is 15.5 Å². The summed E-state index contributed by atoms with van der Waals surface area (Å²) in [5, 5.41) is 21.4. The van der Waals surface area contributed by atoms with Crippen molar-refractivity contribution >= 4 is 11.6 Å². The number of anilines is 1. The Morgan fingerprint density at radius 3 is 2.37 bits per heavy atom. The van der Waals surface area contributed by atoms with Crippen LogP contribution in [0.4, 0.5) is 10.1 Å². The second-order valence-corrected chi connectivity index (χ2v) is 4.11. The molecule has 2 aromatic carbocycles. The number of rotatable bonds is 2. The third kappa shape index (κ3) is 2.65. The standard InChI is InChI=1S/C14H12FNO3/c1-8-5-6-10(9(15)7-8)16-14(19)13-11(17)3-2-4-12(13)18/h2-7,17-18H,1H3,(H,16,19). The van der Waals surface area contributed by atoms with Gasteiger partial charge in [0, 0.05) is 0 Å². The molecular weight excluding hydrogens is 249 g/mol. The SMILES string of the molecule is Cc1ccc(NC(=O)c2c(O)cccc2O)c(F)c1. The number of aryl methyl sites for hydroxylation is 1. The Kier molecular flexibility index (Phi) is 3.37. The number of carbonyl (C=O) groups excluding carboxylic acids is 1. The van der Waals surface area contributed by atoms with Gasteiger partial charge in [-0.15, -0.1) is 0 Å². The van der Waals surface area contributed by atoms with Crippen molar-refractivity contribution in [2.75, 3.05) is 5.32 Å². The van der Waals surface area contributed by atoms with Gasteiger partial charge in [0.25, 0.3) is 5.91 Å². The summed E-state index contributed by atoms with van der Waals surface area (Å²) in [4.78, 5) is 11.9. The number of amides is 1. The molecule has 4 nitrogen and oxygen atoms in total. The molecular formula is C14H12FNO3. The van der Waals surface area contributed by atoms with Gasteiger partial charge in [-0.25, -0.2) is 4.39 Å². The first-order valence-electron chi connectivity index (χ1n) is 5.57. The number of carbonyl (C=O) groups is 1. The summed E-state index contributed by atoms with van der Waals surface area (Å²) < 4.78 is 13.6. The lowest BCUT2D eigenvalue weighted by molar-refractivity contribution is 0.102. The maximum Gasteiger partial charge on any atom is 0.263 e. The van der Waals surface area contributed by atoms with Gasteiger partial charge >= 0.3 is 0 Å². The van der Waals surface area contributed by atoms with Gasteiger partial charge in [-0.2, -0.15) is 0 Å². The summed E-state index contributed by atoms with van der Waals surface area (Å²) in [5.41, 5.74) is 0.418. The Hall–Kier alpha value is -2.56. The highest BCUT2D eigenvalue weighted by atomic mass is 19.1. The second-order valence-electron chi connectivity index (χ2n) is 4.11. The third-order valence-electron chi connectivity index (χ3n) is 2.62. The molecule has 2 aromatic rings. The Bertz CT molecular complexity index is 620. The molecule has 0 aliphatic rings. The number of halogens is 1. The van der Waals surface area contributed by atoms with Crippen molar-refractivity contribution in [3.63, 3.8) is 0 Å². The van der Waals surface area contributed by atoms with E-state index >= 15 is 0 Å². The first-order chi connectivity index (χ1) is 8.99. The molecule has 0 fully saturated rings. The molecule has 0 saturated heterocycles. The molecule has 0 aromatic heterocycles. The molecule has 1 amide bonds. The molecule has 0 radical (unpaired) electrons. The van der Waals surface area contributed by atoms with Crippen LogP contribution >= 0.6 is 0 Å². The lowest BCUT2D eigenvalue weighted by Gasteiger charge is -2.09. The van der Waals surface area contributed by atoms with Crippen molar-refractivity contribution in [2.24, 2.45) is 0 Å². The van der Waals surface area contributed by atoms with Crippen molar-refractivity contribution in [1.29, 1.82) is 0 Å². The maximum absolute atomic E-state index is 13.6. The lowest BCUT2D eigenvalue weighted by Crippen LogP contribution is -2.13. The first kappa shape index (κ1) is 12.9. The van der Waals surface area contributed by atoms with E-state index < -0.39 is 11.7 Å². The van der Waals surface area contributed by atoms with Crippen LogP contribution in [0.1, 0.15) is 15.9 Å². The third-order valence-corrected chi connectivity index (χ3v) is 2.62. The maximum atomic E-state index is 13.6. The highest BCUT2D eigenvalue weighted by Crippen LogP contribution is 2.27. The van der Waals surface area contributed by atoms with E-state index in [1.165, 1.54) is 30.3 Å². The molecule has 0 saturated carbocycles. The largest absolute Gasteiger partial charge is 0.507 e. The Labute approximate surface area is 109 Å². The summed E-state index contributed by atoms with van der Waals surface area (Å²) in [6, 6.07) is 8.26. The predicted octanol–water partition coefficient (Wildman–Crippen LogP) is 2.80. The fourth-order valence-electron chi connectivity index (χ4n) is 1.67. The van der Waals surface area contributed by atoms with Crippen LogP contribution in [-0.2, 0) is 0 Å². The Balaban J connectivity index is 2.31. The summed E-state index contributed by atoms with van der Waals surface area (Å²) in [7, 11) is 0. The van der Waals surface area contributed by atoms with Crippen LogP contribution in [0.2, 0.25) is 0 Å². The average Bonchev–Trinajstić information content (AvgIpc) is 2.32. The highest BCUT2D eigenvalue weighted by molar-refractivity contribution is 6.08. The van der Waals surface area contributed by atoms with Crippen LogP contribution in [0.5, 0.6) is 11.5 Å². The van der Waals surface area contributed by atoms with Gasteiger partial charge in [0.15, 0.2) is 0 Å². The number of benzene rings is 2. The number of nitrogens with one attached hydrogen (secondary N) is 1. The average molecular weight is 261 g/mol. The number of phenols is 2. The summed E-state index contributed by atoms with van der Waals surface area (Å²) in [6.45, 7) is 1.73. The van der Waals surface area contributed by atoms with Gasteiger partial charge in [-0.3, -0.25) is 4.79 Å². The fraction of sp³-hybridized carbons (Fsp3) is 0.0714. The topological polar surface area (TPSA) is 69.6 Å². The molecule has 0 aliphatic heterocycles. The minimum atomic E-state index is -0.779. The fourth-order valence-corrected chi connectivity index (χ4v) is 1.67. The number of aromatic hydroxyl groups is 2. The number of hydrogen-bond donors (Lipinski definition) is 3. The second kappa shape index (κ2) is 4.97. The minimum absolute atomic E-state index is 0.0155. The smallest absolute Gasteiger partial charge is 0.263 e. The van der Waals surface area contributed by atoms with Crippen molar-refractivity contribution in [3.05, 3.63) is 53.3 Å². The van der Waals surface area contributed by atoms with E-state index in [9.17, 15) is 19.4 Å². The van der Waals surface area contributed by atoms with Crippen LogP contribution in [-0.4, -0.2) is 16.1 Å². The van der Waals surface area contributed by atoms with E-state index in [0.717, 1.165) is 5.56 Å². The zero-order valence-electron chi connectivity index (χ0n) is 10.1. The molecule has 0 aliphatic carbocycles. The summed E-state index contributed by atoms with van der Waals surface area (Å²) >= 11 is 0. The van der Waals surface area contributed by atoms with Gasteiger partial charge in [0.1, 0.15) is 22.9 Å². The molecule has 19 heavy (non-hydrogen) atoms. The first-order valence-corrected chi connectivity index (χ1v) is 5.57. The van der Waals surface area contributed by atoms with Crippen LogP contribution in [0.25, 0.3) is 0 Å². The molecule has 2 rings (SSSR count). The van der Waals surface area contributed by atoms with Crippen molar-refractivity contribution in [3.8, 4) is 11.5 Å². The van der Waals surface area contributed by atoms with Gasteiger partial charge in [0.05, 0.1) is 5.69 Å². The minimum Gasteiger partial charge on any atom is -0.507 e. The molecule has 3 N–H and O–H groups in total. The van der Waals surface area contributed by atoms with Crippen LogP contribution in [0.3, 0.4) is 0 Å². The molecule has 0 heterocycles. The lowest BCUT2D eigenvalue weighted by atomic mass is 10.1. The van der Waals surface area contributed by atoms with E-state index in [1.807, 2.05) is 0 Å². The molecule has 98 valence electrons.